The second kappa shape index (κ2) is 17.8. The van der Waals surface area contributed by atoms with Gasteiger partial charge in [-0.15, -0.1) is 0 Å². The molecule has 55 heavy (non-hydrogen) atoms. The minimum atomic E-state index is -3.81. The van der Waals surface area contributed by atoms with E-state index in [-0.39, 0.29) is 46.0 Å². The van der Waals surface area contributed by atoms with E-state index in [9.17, 15) is 13.2 Å². The summed E-state index contributed by atoms with van der Waals surface area (Å²) in [5.41, 5.74) is -0.554. The highest BCUT2D eigenvalue weighted by molar-refractivity contribution is 7.90. The van der Waals surface area contributed by atoms with Crippen LogP contribution in [0.5, 0.6) is 5.75 Å². The summed E-state index contributed by atoms with van der Waals surface area (Å²) >= 11 is 19.3. The van der Waals surface area contributed by atoms with Gasteiger partial charge in [0.1, 0.15) is 22.7 Å². The fourth-order valence-corrected chi connectivity index (χ4v) is 9.02. The van der Waals surface area contributed by atoms with Crippen molar-refractivity contribution in [2.45, 2.75) is 56.0 Å². The average molecular weight is 836 g/mol. The number of amidine groups is 1. The molecule has 15 heteroatoms. The quantitative estimate of drug-likeness (QED) is 0.164. The summed E-state index contributed by atoms with van der Waals surface area (Å²) in [6.45, 7) is 8.51. The summed E-state index contributed by atoms with van der Waals surface area (Å²) < 4.78 is 42.6. The lowest BCUT2D eigenvalue weighted by atomic mass is 9.71. The molecule has 11 nitrogen and oxygen atoms in total. The number of benzene rings is 3. The number of urea groups is 1. The second-order valence-corrected chi connectivity index (χ2v) is 17.5. The monoisotopic (exact) mass is 834 g/mol. The van der Waals surface area contributed by atoms with Crippen LogP contribution in [0, 0.1) is 5.92 Å². The molecular formula is C40H49Cl3N4O7S. The van der Waals surface area contributed by atoms with E-state index in [2.05, 4.69) is 0 Å². The Bertz CT molecular complexity index is 1980. The van der Waals surface area contributed by atoms with Crippen LogP contribution >= 0.6 is 34.8 Å². The maximum absolute atomic E-state index is 15.3. The predicted octanol–water partition coefficient (Wildman–Crippen LogP) is 7.69. The highest BCUT2D eigenvalue weighted by Crippen LogP contribution is 2.54. The fraction of sp³-hybridized carbons (Fsp3) is 0.475. The zero-order valence-electron chi connectivity index (χ0n) is 32.1. The Hall–Kier alpha value is -3.39. The summed E-state index contributed by atoms with van der Waals surface area (Å²) in [5, 5.41) is 1.05. The summed E-state index contributed by atoms with van der Waals surface area (Å²) in [7, 11) is -0.601. The third kappa shape index (κ3) is 8.95. The van der Waals surface area contributed by atoms with E-state index >= 15 is 4.79 Å². The fourth-order valence-electron chi connectivity index (χ4n) is 7.45. The van der Waals surface area contributed by atoms with Crippen molar-refractivity contribution >= 4 is 62.4 Å². The lowest BCUT2D eigenvalue weighted by Crippen LogP contribution is -2.59. The molecule has 2 heterocycles. The van der Waals surface area contributed by atoms with Crippen molar-refractivity contribution in [3.63, 3.8) is 0 Å². The van der Waals surface area contributed by atoms with Crippen LogP contribution in [0.2, 0.25) is 15.1 Å². The SMILES string of the molecule is CCOc1cc(Cl)c(S(C)(=O)=O)cc1C1=N[C@@](C)(c2ccc(Cl)cc2)[C@@](C)(c2ccc(Cl)cc2)N1C(=O)N1CCC(CC(=O)N(CCOC)CCOC)CC1. The van der Waals surface area contributed by atoms with Crippen molar-refractivity contribution < 1.29 is 32.2 Å². The number of amides is 3. The molecule has 0 aliphatic carbocycles. The highest BCUT2D eigenvalue weighted by Gasteiger charge is 2.60. The third-order valence-corrected chi connectivity index (χ3v) is 12.8. The van der Waals surface area contributed by atoms with Gasteiger partial charge in [0.05, 0.1) is 35.3 Å². The number of piperidine rings is 1. The van der Waals surface area contributed by atoms with Gasteiger partial charge in [-0.2, -0.15) is 0 Å². The van der Waals surface area contributed by atoms with Gasteiger partial charge in [0, 0.05) is 69.2 Å². The molecular weight excluding hydrogens is 787 g/mol. The molecule has 2 aliphatic heterocycles. The van der Waals surface area contributed by atoms with E-state index in [0.717, 1.165) is 17.4 Å². The van der Waals surface area contributed by atoms with Crippen LogP contribution in [0.25, 0.3) is 0 Å². The third-order valence-electron chi connectivity index (χ3n) is 10.7. The lowest BCUT2D eigenvalue weighted by molar-refractivity contribution is -0.133. The van der Waals surface area contributed by atoms with E-state index in [0.29, 0.717) is 74.3 Å². The maximum atomic E-state index is 15.3. The number of halogens is 3. The van der Waals surface area contributed by atoms with Crippen LogP contribution in [0.4, 0.5) is 4.79 Å². The minimum absolute atomic E-state index is 0.00766. The Labute approximate surface area is 339 Å². The first kappa shape index (κ1) is 42.7. The van der Waals surface area contributed by atoms with Crippen molar-refractivity contribution in [3.8, 4) is 5.75 Å². The van der Waals surface area contributed by atoms with Gasteiger partial charge in [-0.1, -0.05) is 59.1 Å². The number of nitrogens with zero attached hydrogens (tertiary/aromatic N) is 4. The standard InChI is InChI=1S/C40H49Cl3N4O7S/c1-7-54-34-26-33(43)35(55(6,50)51)25-32(34)37-44-39(2,28-8-12-30(41)13-9-28)40(3,29-10-14-31(42)15-11-29)47(37)38(49)46-18-16-27(17-19-46)24-36(48)45(20-22-52-4)21-23-53-5/h8-15,25-27H,7,16-24H2,1-6H3/t39-,40+/m0/s1. The van der Waals surface area contributed by atoms with Gasteiger partial charge in [-0.25, -0.2) is 13.2 Å². The molecule has 0 spiro atoms. The molecule has 0 unspecified atom stereocenters. The van der Waals surface area contributed by atoms with Crippen molar-refractivity contribution in [2.75, 3.05) is 66.5 Å². The molecule has 0 saturated carbocycles. The van der Waals surface area contributed by atoms with Gasteiger partial charge in [-0.05, 0) is 81.0 Å². The normalized spacial score (nSPS) is 20.4. The Kier molecular flexibility index (Phi) is 13.8. The molecule has 3 aromatic carbocycles. The zero-order valence-corrected chi connectivity index (χ0v) is 35.2. The Morgan fingerprint density at radius 2 is 1.44 bits per heavy atom. The van der Waals surface area contributed by atoms with Crippen LogP contribution in [0.1, 0.15) is 56.7 Å². The molecule has 0 aromatic heterocycles. The number of sulfone groups is 1. The average Bonchev–Trinajstić information content (AvgIpc) is 3.39. The molecule has 298 valence electrons. The summed E-state index contributed by atoms with van der Waals surface area (Å²) in [5.74, 6) is 0.582. The van der Waals surface area contributed by atoms with Gasteiger partial charge in [0.2, 0.25) is 5.91 Å². The van der Waals surface area contributed by atoms with Gasteiger partial charge in [0.15, 0.2) is 9.84 Å². The molecule has 3 aromatic rings. The van der Waals surface area contributed by atoms with Crippen LogP contribution in [-0.2, 0) is 35.2 Å². The number of carbonyl (C=O) groups is 2. The van der Waals surface area contributed by atoms with Crippen molar-refractivity contribution in [2.24, 2.45) is 10.9 Å². The van der Waals surface area contributed by atoms with E-state index < -0.39 is 20.9 Å². The number of rotatable bonds is 14. The Morgan fingerprint density at radius 3 is 1.95 bits per heavy atom. The van der Waals surface area contributed by atoms with Crippen molar-refractivity contribution in [1.29, 1.82) is 0 Å². The molecule has 5 rings (SSSR count). The molecule has 0 radical (unpaired) electrons. The van der Waals surface area contributed by atoms with Gasteiger partial charge in [-0.3, -0.25) is 14.7 Å². The molecule has 1 fully saturated rings. The topological polar surface area (TPSA) is 118 Å². The lowest BCUT2D eigenvalue weighted by Gasteiger charge is -2.47. The smallest absolute Gasteiger partial charge is 0.326 e. The van der Waals surface area contributed by atoms with Gasteiger partial charge in [0.25, 0.3) is 0 Å². The number of carbonyl (C=O) groups excluding carboxylic acids is 2. The van der Waals surface area contributed by atoms with E-state index in [1.807, 2.05) is 38.1 Å². The first-order chi connectivity index (χ1) is 26.1. The molecule has 3 amide bonds. The number of methoxy groups -OCH3 is 2. The van der Waals surface area contributed by atoms with Crippen LogP contribution < -0.4 is 4.74 Å². The number of hydrogen-bond donors (Lipinski definition) is 0. The molecule has 2 atom stereocenters. The van der Waals surface area contributed by atoms with Crippen molar-refractivity contribution in [1.82, 2.24) is 14.7 Å². The first-order valence-electron chi connectivity index (χ1n) is 18.2. The predicted molar refractivity (Wildman–Crippen MR) is 216 cm³/mol. The van der Waals surface area contributed by atoms with Gasteiger partial charge >= 0.3 is 6.03 Å². The maximum Gasteiger partial charge on any atom is 0.326 e. The highest BCUT2D eigenvalue weighted by atomic mass is 35.5. The summed E-state index contributed by atoms with van der Waals surface area (Å²) in [4.78, 5) is 39.2. The Morgan fingerprint density at radius 1 is 0.891 bits per heavy atom. The molecule has 0 bridgehead atoms. The van der Waals surface area contributed by atoms with Crippen LogP contribution in [0.3, 0.4) is 0 Å². The van der Waals surface area contributed by atoms with Crippen LogP contribution in [-0.4, -0.2) is 107 Å². The first-order valence-corrected chi connectivity index (χ1v) is 21.2. The largest absolute Gasteiger partial charge is 0.493 e. The molecule has 2 aliphatic rings. The number of aliphatic imine (C=N–C) groups is 1. The summed E-state index contributed by atoms with van der Waals surface area (Å²) in [6.07, 6.45) is 2.64. The van der Waals surface area contributed by atoms with E-state index in [4.69, 9.17) is 54.0 Å². The van der Waals surface area contributed by atoms with Gasteiger partial charge < -0.3 is 24.0 Å². The number of ether oxygens (including phenoxy) is 3. The second-order valence-electron chi connectivity index (χ2n) is 14.2. The van der Waals surface area contributed by atoms with E-state index in [1.165, 1.54) is 12.1 Å². The zero-order chi connectivity index (χ0) is 40.1. The van der Waals surface area contributed by atoms with Crippen molar-refractivity contribution in [3.05, 3.63) is 92.4 Å². The number of likely N-dealkylation sites (tertiary alicyclic amines) is 1. The number of hydrogen-bond acceptors (Lipinski definition) is 8. The minimum Gasteiger partial charge on any atom is -0.493 e. The van der Waals surface area contributed by atoms with E-state index in [1.54, 1.807) is 60.1 Å². The molecule has 1 saturated heterocycles. The summed E-state index contributed by atoms with van der Waals surface area (Å²) in [6, 6.07) is 17.2. The molecule has 0 N–H and O–H groups in total. The Balaban J connectivity index is 1.61. The van der Waals surface area contributed by atoms with Crippen LogP contribution in [0.15, 0.2) is 70.6 Å².